The average Bonchev–Trinajstić information content (AvgIpc) is 3.32. The zero-order chi connectivity index (χ0) is 48.0. The zero-order valence-electron chi connectivity index (χ0n) is 43.7. The van der Waals surface area contributed by atoms with Crippen LogP contribution in [0.1, 0.15) is 303 Å². The standard InChI is InChI=1S/C57H113NO8/c1-3-5-7-9-11-13-15-17-19-21-22-23-24-25-26-27-28-29-31-33-35-37-39-41-43-45-47-53(61)58-50(49-65-57-56(64)55(63)54(62)52(48-59)66-57)51(60)46-44-42-40-38-36-34-32-30-20-18-16-14-12-10-8-6-4-2/h50-52,54-57,59-60,62-64H,3-49H2,1-2H3,(H,58,61)/t50-,51+,52+,54-,55?,56?,57+/m0/s1. The highest BCUT2D eigenvalue weighted by molar-refractivity contribution is 5.76. The van der Waals surface area contributed by atoms with Gasteiger partial charge in [-0.2, -0.15) is 0 Å². The molecule has 1 aliphatic heterocycles. The Hall–Kier alpha value is -0.810. The van der Waals surface area contributed by atoms with Crippen LogP contribution >= 0.6 is 0 Å². The number of aliphatic hydroxyl groups is 5. The van der Waals surface area contributed by atoms with E-state index in [1.54, 1.807) is 0 Å². The maximum absolute atomic E-state index is 13.1. The fourth-order valence-corrected chi connectivity index (χ4v) is 9.81. The number of unbranched alkanes of at least 4 members (excludes halogenated alkanes) is 41. The van der Waals surface area contributed by atoms with Crippen LogP contribution < -0.4 is 5.32 Å². The molecule has 1 rings (SSSR count). The Morgan fingerprint density at radius 1 is 0.455 bits per heavy atom. The van der Waals surface area contributed by atoms with Crippen molar-refractivity contribution in [1.29, 1.82) is 0 Å². The topological polar surface area (TPSA) is 149 Å². The minimum atomic E-state index is -1.55. The van der Waals surface area contributed by atoms with Crippen molar-refractivity contribution in [3.8, 4) is 0 Å². The molecule has 0 saturated carbocycles. The molecular formula is C57H113NO8. The van der Waals surface area contributed by atoms with E-state index in [-0.39, 0.29) is 12.5 Å². The van der Waals surface area contributed by atoms with Crippen molar-refractivity contribution in [2.24, 2.45) is 0 Å². The molecule has 7 atom stereocenters. The molecule has 66 heavy (non-hydrogen) atoms. The van der Waals surface area contributed by atoms with Crippen molar-refractivity contribution < 1.29 is 39.8 Å². The summed E-state index contributed by atoms with van der Waals surface area (Å²) in [4.78, 5) is 13.1. The molecule has 0 aromatic rings. The van der Waals surface area contributed by atoms with Gasteiger partial charge in [-0.15, -0.1) is 0 Å². The number of hydrogen-bond acceptors (Lipinski definition) is 8. The van der Waals surface area contributed by atoms with Crippen LogP contribution in [0.5, 0.6) is 0 Å². The number of carbonyl (C=O) groups excluding carboxylic acids is 1. The van der Waals surface area contributed by atoms with Gasteiger partial charge in [-0.1, -0.05) is 284 Å². The van der Waals surface area contributed by atoms with E-state index in [4.69, 9.17) is 9.47 Å². The first-order valence-corrected chi connectivity index (χ1v) is 29.2. The minimum Gasteiger partial charge on any atom is -0.394 e. The molecule has 1 aliphatic rings. The quantitative estimate of drug-likeness (QED) is 0.0330. The smallest absolute Gasteiger partial charge is 0.220 e. The third-order valence-electron chi connectivity index (χ3n) is 14.5. The summed E-state index contributed by atoms with van der Waals surface area (Å²) in [5.41, 5.74) is 0. The predicted octanol–water partition coefficient (Wildman–Crippen LogP) is 14.2. The fourth-order valence-electron chi connectivity index (χ4n) is 9.81. The minimum absolute atomic E-state index is 0.131. The van der Waals surface area contributed by atoms with Crippen molar-refractivity contribution in [3.05, 3.63) is 0 Å². The van der Waals surface area contributed by atoms with Crippen LogP contribution in [0.15, 0.2) is 0 Å². The Balaban J connectivity index is 2.16. The summed E-state index contributed by atoms with van der Waals surface area (Å²) in [6, 6.07) is -0.713. The molecule has 0 aromatic heterocycles. The lowest BCUT2D eigenvalue weighted by Gasteiger charge is -2.40. The van der Waals surface area contributed by atoms with E-state index in [2.05, 4.69) is 19.2 Å². The maximum Gasteiger partial charge on any atom is 0.220 e. The Morgan fingerprint density at radius 2 is 0.758 bits per heavy atom. The summed E-state index contributed by atoms with van der Waals surface area (Å²) >= 11 is 0. The van der Waals surface area contributed by atoms with Gasteiger partial charge in [-0.25, -0.2) is 0 Å². The SMILES string of the molecule is CCCCCCCCCCCCCCCCCCCCCCCCCCCCC(=O)N[C@@H](CO[C@@H]1O[C@H](CO)[C@H](O)C(O)C1O)[C@H](O)CCCCCCCCCCCCCCCCCCC. The summed E-state index contributed by atoms with van der Waals surface area (Å²) in [5.74, 6) is -0.136. The van der Waals surface area contributed by atoms with Gasteiger partial charge >= 0.3 is 0 Å². The highest BCUT2D eigenvalue weighted by Gasteiger charge is 2.44. The van der Waals surface area contributed by atoms with Gasteiger partial charge in [-0.05, 0) is 12.8 Å². The third kappa shape index (κ3) is 37.1. The lowest BCUT2D eigenvalue weighted by Crippen LogP contribution is -2.60. The molecule has 2 unspecified atom stereocenters. The average molecular weight is 941 g/mol. The van der Waals surface area contributed by atoms with E-state index in [9.17, 15) is 30.3 Å². The van der Waals surface area contributed by atoms with E-state index < -0.39 is 49.5 Å². The molecule has 0 aromatic carbocycles. The van der Waals surface area contributed by atoms with Crippen LogP contribution in [0.2, 0.25) is 0 Å². The van der Waals surface area contributed by atoms with Crippen molar-refractivity contribution >= 4 is 5.91 Å². The van der Waals surface area contributed by atoms with Crippen LogP contribution in [-0.4, -0.2) is 87.5 Å². The number of hydrogen-bond donors (Lipinski definition) is 6. The summed E-state index contributed by atoms with van der Waals surface area (Å²) in [5, 5.41) is 54.7. The summed E-state index contributed by atoms with van der Waals surface area (Å²) in [6.45, 7) is 3.88. The number of rotatable bonds is 51. The lowest BCUT2D eigenvalue weighted by atomic mass is 9.99. The molecular weight excluding hydrogens is 827 g/mol. The van der Waals surface area contributed by atoms with Gasteiger partial charge in [0.25, 0.3) is 0 Å². The van der Waals surface area contributed by atoms with Gasteiger partial charge in [0.1, 0.15) is 24.4 Å². The Morgan fingerprint density at radius 3 is 1.08 bits per heavy atom. The number of amides is 1. The number of aliphatic hydroxyl groups excluding tert-OH is 5. The van der Waals surface area contributed by atoms with Crippen LogP contribution in [0, 0.1) is 0 Å². The maximum atomic E-state index is 13.1. The second kappa shape index (κ2) is 47.8. The van der Waals surface area contributed by atoms with Crippen LogP contribution in [0.3, 0.4) is 0 Å². The van der Waals surface area contributed by atoms with Gasteiger partial charge in [0, 0.05) is 6.42 Å². The molecule has 1 amide bonds. The second-order valence-corrected chi connectivity index (χ2v) is 20.8. The summed E-state index contributed by atoms with van der Waals surface area (Å²) in [7, 11) is 0. The van der Waals surface area contributed by atoms with Crippen LogP contribution in [0.25, 0.3) is 0 Å². The van der Waals surface area contributed by atoms with Gasteiger partial charge in [-0.3, -0.25) is 4.79 Å². The van der Waals surface area contributed by atoms with Crippen molar-refractivity contribution in [3.63, 3.8) is 0 Å². The number of nitrogens with one attached hydrogen (secondary N) is 1. The predicted molar refractivity (Wildman–Crippen MR) is 277 cm³/mol. The zero-order valence-corrected chi connectivity index (χ0v) is 43.7. The molecule has 9 nitrogen and oxygen atoms in total. The first kappa shape index (κ1) is 63.2. The van der Waals surface area contributed by atoms with Gasteiger partial charge in [0.15, 0.2) is 6.29 Å². The Bertz CT molecular complexity index is 1000. The first-order chi connectivity index (χ1) is 32.3. The highest BCUT2D eigenvalue weighted by atomic mass is 16.7. The molecule has 0 aliphatic carbocycles. The molecule has 394 valence electrons. The molecule has 1 fully saturated rings. The number of carbonyl (C=O) groups is 1. The first-order valence-electron chi connectivity index (χ1n) is 29.2. The summed E-state index contributed by atoms with van der Waals surface area (Å²) < 4.78 is 11.3. The van der Waals surface area contributed by atoms with E-state index in [0.29, 0.717) is 12.8 Å². The van der Waals surface area contributed by atoms with Crippen molar-refractivity contribution in [2.75, 3.05) is 13.2 Å². The van der Waals surface area contributed by atoms with Crippen molar-refractivity contribution in [2.45, 2.75) is 346 Å². The Labute approximate surface area is 408 Å². The molecule has 0 radical (unpaired) electrons. The van der Waals surface area contributed by atoms with E-state index in [1.165, 1.54) is 238 Å². The van der Waals surface area contributed by atoms with E-state index >= 15 is 0 Å². The van der Waals surface area contributed by atoms with E-state index in [0.717, 1.165) is 38.5 Å². The second-order valence-electron chi connectivity index (χ2n) is 20.8. The molecule has 0 spiro atoms. The monoisotopic (exact) mass is 940 g/mol. The fraction of sp³-hybridized carbons (Fsp3) is 0.982. The van der Waals surface area contributed by atoms with Gasteiger partial charge in [0.2, 0.25) is 5.91 Å². The molecule has 1 heterocycles. The highest BCUT2D eigenvalue weighted by Crippen LogP contribution is 2.23. The van der Waals surface area contributed by atoms with E-state index in [1.807, 2.05) is 0 Å². The Kier molecular flexibility index (Phi) is 45.8. The number of ether oxygens (including phenoxy) is 2. The van der Waals surface area contributed by atoms with Gasteiger partial charge in [0.05, 0.1) is 25.4 Å². The van der Waals surface area contributed by atoms with Gasteiger partial charge < -0.3 is 40.3 Å². The molecule has 9 heteroatoms. The van der Waals surface area contributed by atoms with Crippen LogP contribution in [-0.2, 0) is 14.3 Å². The molecule has 0 bridgehead atoms. The third-order valence-corrected chi connectivity index (χ3v) is 14.5. The largest absolute Gasteiger partial charge is 0.394 e. The van der Waals surface area contributed by atoms with Crippen molar-refractivity contribution in [1.82, 2.24) is 5.32 Å². The lowest BCUT2D eigenvalue weighted by molar-refractivity contribution is -0.302. The van der Waals surface area contributed by atoms with Crippen LogP contribution in [0.4, 0.5) is 0 Å². The molecule has 6 N–H and O–H groups in total. The summed E-state index contributed by atoms with van der Waals surface area (Å²) in [6.07, 6.45) is 49.9. The molecule has 1 saturated heterocycles. The normalized spacial score (nSPS) is 19.7.